The molecule has 146 valence electrons. The van der Waals surface area contributed by atoms with Crippen LogP contribution in [0.2, 0.25) is 0 Å². The number of benzene rings is 1. The highest BCUT2D eigenvalue weighted by Crippen LogP contribution is 2.38. The molecule has 8 heteroatoms. The van der Waals surface area contributed by atoms with E-state index in [2.05, 4.69) is 15.3 Å². The van der Waals surface area contributed by atoms with Gasteiger partial charge in [-0.15, -0.1) is 11.3 Å². The Bertz CT molecular complexity index is 992. The van der Waals surface area contributed by atoms with Crippen LogP contribution in [0.5, 0.6) is 0 Å². The fourth-order valence-corrected chi connectivity index (χ4v) is 5.42. The van der Waals surface area contributed by atoms with Gasteiger partial charge in [0.05, 0.1) is 29.5 Å². The van der Waals surface area contributed by atoms with Crippen molar-refractivity contribution in [3.63, 3.8) is 0 Å². The number of methoxy groups -OCH3 is 1. The third-order valence-corrected chi connectivity index (χ3v) is 6.85. The fraction of sp³-hybridized carbons (Fsp3) is 0.350. The van der Waals surface area contributed by atoms with Gasteiger partial charge < -0.3 is 15.0 Å². The number of ether oxygens (including phenoxy) is 1. The number of hydrogen-bond acceptors (Lipinski definition) is 6. The number of rotatable bonds is 5. The van der Waals surface area contributed by atoms with Gasteiger partial charge in [-0.2, -0.15) is 0 Å². The number of thiophene rings is 1. The second-order valence-corrected chi connectivity index (χ2v) is 8.73. The number of fused-ring (bicyclic) bond motifs is 2. The first-order valence-corrected chi connectivity index (χ1v) is 11.1. The molecule has 1 aromatic carbocycles. The number of nitrogens with one attached hydrogen (secondary N) is 2. The van der Waals surface area contributed by atoms with Crippen LogP contribution in [0.4, 0.5) is 5.00 Å². The third-order valence-electron chi connectivity index (χ3n) is 4.77. The van der Waals surface area contributed by atoms with Gasteiger partial charge in [0, 0.05) is 4.88 Å². The molecule has 28 heavy (non-hydrogen) atoms. The summed E-state index contributed by atoms with van der Waals surface area (Å²) in [5, 5.41) is 4.23. The van der Waals surface area contributed by atoms with Gasteiger partial charge in [-0.25, -0.2) is 9.78 Å². The minimum absolute atomic E-state index is 0.160. The van der Waals surface area contributed by atoms with E-state index in [0.29, 0.717) is 15.7 Å². The molecule has 0 atom stereocenters. The number of carbonyl (C=O) groups is 2. The maximum absolute atomic E-state index is 12.5. The van der Waals surface area contributed by atoms with Crippen LogP contribution in [0.15, 0.2) is 29.4 Å². The number of aryl methyl sites for hydroxylation is 1. The summed E-state index contributed by atoms with van der Waals surface area (Å²) < 4.78 is 4.98. The molecule has 1 aliphatic rings. The molecule has 0 radical (unpaired) electrons. The summed E-state index contributed by atoms with van der Waals surface area (Å²) in [7, 11) is 1.38. The van der Waals surface area contributed by atoms with Crippen LogP contribution in [-0.2, 0) is 22.4 Å². The summed E-state index contributed by atoms with van der Waals surface area (Å²) in [5.74, 6) is -0.324. The van der Waals surface area contributed by atoms with Crippen LogP contribution in [0.3, 0.4) is 0 Å². The number of esters is 1. The molecule has 4 rings (SSSR count). The first-order chi connectivity index (χ1) is 13.7. The van der Waals surface area contributed by atoms with Crippen molar-refractivity contribution in [3.8, 4) is 0 Å². The van der Waals surface area contributed by atoms with E-state index >= 15 is 0 Å². The highest BCUT2D eigenvalue weighted by Gasteiger charge is 2.26. The number of para-hydroxylation sites is 2. The molecule has 2 aromatic heterocycles. The average Bonchev–Trinajstić information content (AvgIpc) is 3.19. The molecule has 6 nitrogen and oxygen atoms in total. The number of aromatic amines is 1. The summed E-state index contributed by atoms with van der Waals surface area (Å²) in [5.41, 5.74) is 3.40. The Morgan fingerprint density at radius 3 is 2.89 bits per heavy atom. The Balaban J connectivity index is 1.48. The maximum Gasteiger partial charge on any atom is 0.341 e. The lowest BCUT2D eigenvalue weighted by Crippen LogP contribution is -2.16. The second kappa shape index (κ2) is 8.36. The fourth-order valence-electron chi connectivity index (χ4n) is 3.44. The second-order valence-electron chi connectivity index (χ2n) is 6.66. The predicted octanol–water partition coefficient (Wildman–Crippen LogP) is 4.41. The number of imidazole rings is 1. The van der Waals surface area contributed by atoms with Crippen molar-refractivity contribution in [2.45, 2.75) is 37.3 Å². The number of H-pyrrole nitrogens is 1. The number of carbonyl (C=O) groups excluding carboxylic acids is 2. The van der Waals surface area contributed by atoms with Crippen molar-refractivity contribution in [1.82, 2.24) is 9.97 Å². The first-order valence-electron chi connectivity index (χ1n) is 9.26. The monoisotopic (exact) mass is 415 g/mol. The number of amides is 1. The average molecular weight is 416 g/mol. The summed E-state index contributed by atoms with van der Waals surface area (Å²) >= 11 is 2.85. The van der Waals surface area contributed by atoms with E-state index in [1.54, 1.807) is 0 Å². The van der Waals surface area contributed by atoms with E-state index in [1.807, 2.05) is 24.3 Å². The van der Waals surface area contributed by atoms with E-state index in [-0.39, 0.29) is 17.6 Å². The van der Waals surface area contributed by atoms with Gasteiger partial charge in [-0.05, 0) is 43.4 Å². The van der Waals surface area contributed by atoms with Crippen LogP contribution >= 0.6 is 23.1 Å². The third kappa shape index (κ3) is 3.93. The molecular formula is C20H21N3O3S2. The molecule has 0 fully saturated rings. The lowest BCUT2D eigenvalue weighted by molar-refractivity contribution is -0.113. The maximum atomic E-state index is 12.5. The van der Waals surface area contributed by atoms with Crippen molar-refractivity contribution in [1.29, 1.82) is 0 Å². The van der Waals surface area contributed by atoms with Crippen molar-refractivity contribution < 1.29 is 14.3 Å². The summed E-state index contributed by atoms with van der Waals surface area (Å²) in [6.45, 7) is 0. The minimum atomic E-state index is -0.375. The summed E-state index contributed by atoms with van der Waals surface area (Å²) in [6, 6.07) is 7.75. The molecule has 1 amide bonds. The van der Waals surface area contributed by atoms with Gasteiger partial charge in [0.1, 0.15) is 5.00 Å². The number of thioether (sulfide) groups is 1. The SMILES string of the molecule is COC(=O)c1c(NC(=O)CSc2nc3ccccc3[nH]2)sc2c1CCCCC2. The smallest absolute Gasteiger partial charge is 0.341 e. The molecule has 0 aliphatic heterocycles. The van der Waals surface area contributed by atoms with E-state index in [4.69, 9.17) is 4.74 Å². The quantitative estimate of drug-likeness (QED) is 0.366. The van der Waals surface area contributed by atoms with Crippen molar-refractivity contribution in [2.24, 2.45) is 0 Å². The number of anilines is 1. The predicted molar refractivity (Wildman–Crippen MR) is 112 cm³/mol. The Morgan fingerprint density at radius 2 is 2.07 bits per heavy atom. The van der Waals surface area contributed by atoms with E-state index in [1.165, 1.54) is 35.1 Å². The molecule has 0 spiro atoms. The van der Waals surface area contributed by atoms with Crippen LogP contribution in [-0.4, -0.2) is 34.7 Å². The van der Waals surface area contributed by atoms with Gasteiger partial charge in [0.2, 0.25) is 5.91 Å². The van der Waals surface area contributed by atoms with Crippen LogP contribution in [0, 0.1) is 0 Å². The lowest BCUT2D eigenvalue weighted by Gasteiger charge is -2.07. The minimum Gasteiger partial charge on any atom is -0.465 e. The number of hydrogen-bond donors (Lipinski definition) is 2. The summed E-state index contributed by atoms with van der Waals surface area (Å²) in [6.07, 6.45) is 5.15. The zero-order valence-electron chi connectivity index (χ0n) is 15.5. The van der Waals surface area contributed by atoms with Crippen molar-refractivity contribution in [2.75, 3.05) is 18.2 Å². The Hall–Kier alpha value is -2.32. The highest BCUT2D eigenvalue weighted by molar-refractivity contribution is 7.99. The Morgan fingerprint density at radius 1 is 1.25 bits per heavy atom. The normalized spacial score (nSPS) is 13.8. The molecule has 2 heterocycles. The summed E-state index contributed by atoms with van der Waals surface area (Å²) in [4.78, 5) is 33.7. The van der Waals surface area contributed by atoms with Gasteiger partial charge in [-0.1, -0.05) is 30.3 Å². The van der Waals surface area contributed by atoms with Gasteiger partial charge >= 0.3 is 5.97 Å². The Labute approximate surface area is 171 Å². The van der Waals surface area contributed by atoms with Crippen LogP contribution in [0.1, 0.15) is 40.1 Å². The molecular weight excluding hydrogens is 394 g/mol. The number of aromatic nitrogens is 2. The zero-order chi connectivity index (χ0) is 19.5. The molecule has 0 saturated carbocycles. The van der Waals surface area contributed by atoms with E-state index in [9.17, 15) is 9.59 Å². The standard InChI is InChI=1S/C20H21N3O3S2/c1-26-19(25)17-12-7-3-2-4-10-15(12)28-18(17)23-16(24)11-27-20-21-13-8-5-6-9-14(13)22-20/h5-6,8-9H,2-4,7,10-11H2,1H3,(H,21,22)(H,23,24). The van der Waals surface area contributed by atoms with Gasteiger partial charge in [-0.3, -0.25) is 4.79 Å². The number of nitrogens with zero attached hydrogens (tertiary/aromatic N) is 1. The zero-order valence-corrected chi connectivity index (χ0v) is 17.2. The van der Waals surface area contributed by atoms with Crippen molar-refractivity contribution >= 4 is 51.0 Å². The molecule has 1 aliphatic carbocycles. The molecule has 3 aromatic rings. The molecule has 0 saturated heterocycles. The first kappa shape index (κ1) is 19.0. The van der Waals surface area contributed by atoms with E-state index in [0.717, 1.165) is 48.7 Å². The molecule has 0 unspecified atom stereocenters. The molecule has 0 bridgehead atoms. The van der Waals surface area contributed by atoms with Crippen LogP contribution in [0.25, 0.3) is 11.0 Å². The molecule has 2 N–H and O–H groups in total. The lowest BCUT2D eigenvalue weighted by atomic mass is 10.1. The van der Waals surface area contributed by atoms with Crippen molar-refractivity contribution in [3.05, 3.63) is 40.3 Å². The van der Waals surface area contributed by atoms with Gasteiger partial charge in [0.15, 0.2) is 5.16 Å². The highest BCUT2D eigenvalue weighted by atomic mass is 32.2. The van der Waals surface area contributed by atoms with Crippen LogP contribution < -0.4 is 5.32 Å². The topological polar surface area (TPSA) is 84.1 Å². The van der Waals surface area contributed by atoms with Gasteiger partial charge in [0.25, 0.3) is 0 Å². The Kier molecular flexibility index (Phi) is 5.68. The van der Waals surface area contributed by atoms with E-state index < -0.39 is 0 Å². The largest absolute Gasteiger partial charge is 0.465 e.